The Kier molecular flexibility index (Phi) is 3.56. The minimum Gasteiger partial charge on any atom is -0.461 e. The van der Waals surface area contributed by atoms with Crippen LogP contribution in [0.4, 0.5) is 0 Å². The zero-order valence-electron chi connectivity index (χ0n) is 12.8. The molecule has 0 fully saturated rings. The fourth-order valence-electron chi connectivity index (χ4n) is 2.97. The first-order valence-electron chi connectivity index (χ1n) is 7.44. The van der Waals surface area contributed by atoms with E-state index in [1.807, 2.05) is 18.2 Å². The van der Waals surface area contributed by atoms with Gasteiger partial charge in [0, 0.05) is 17.4 Å². The molecule has 3 aromatic rings. The van der Waals surface area contributed by atoms with Crippen molar-refractivity contribution in [1.82, 2.24) is 0 Å². The van der Waals surface area contributed by atoms with Crippen LogP contribution in [0, 0.1) is 13.8 Å². The van der Waals surface area contributed by atoms with Crippen LogP contribution in [0.3, 0.4) is 0 Å². The molecule has 1 unspecified atom stereocenters. The highest BCUT2D eigenvalue weighted by Crippen LogP contribution is 2.34. The van der Waals surface area contributed by atoms with Crippen molar-refractivity contribution in [2.24, 2.45) is 5.73 Å². The molecule has 0 aliphatic carbocycles. The summed E-state index contributed by atoms with van der Waals surface area (Å²) in [4.78, 5) is 0. The molecule has 2 N–H and O–H groups in total. The zero-order valence-corrected chi connectivity index (χ0v) is 12.8. The van der Waals surface area contributed by atoms with Crippen molar-refractivity contribution in [3.8, 4) is 0 Å². The maximum absolute atomic E-state index is 6.61. The molecule has 0 bridgehead atoms. The van der Waals surface area contributed by atoms with Crippen LogP contribution in [0.2, 0.25) is 0 Å². The molecule has 0 saturated heterocycles. The van der Waals surface area contributed by atoms with E-state index in [2.05, 4.69) is 45.0 Å². The van der Waals surface area contributed by atoms with E-state index in [4.69, 9.17) is 10.2 Å². The summed E-state index contributed by atoms with van der Waals surface area (Å²) in [6.07, 6.45) is 0.850. The van der Waals surface area contributed by atoms with Gasteiger partial charge in [-0.05, 0) is 31.0 Å². The van der Waals surface area contributed by atoms with Gasteiger partial charge >= 0.3 is 0 Å². The van der Waals surface area contributed by atoms with Gasteiger partial charge in [-0.15, -0.1) is 0 Å². The lowest BCUT2D eigenvalue weighted by Gasteiger charge is -2.16. The summed E-state index contributed by atoms with van der Waals surface area (Å²) in [5.74, 6) is 0.990. The van der Waals surface area contributed by atoms with E-state index < -0.39 is 0 Å². The first-order chi connectivity index (χ1) is 10.1. The van der Waals surface area contributed by atoms with Gasteiger partial charge in [-0.25, -0.2) is 0 Å². The summed E-state index contributed by atoms with van der Waals surface area (Å²) in [7, 11) is 0. The van der Waals surface area contributed by atoms with Crippen LogP contribution < -0.4 is 5.73 Å². The molecule has 2 aromatic carbocycles. The van der Waals surface area contributed by atoms with Gasteiger partial charge in [0.2, 0.25) is 0 Å². The number of aryl methyl sites for hydroxylation is 3. The summed E-state index contributed by atoms with van der Waals surface area (Å²) in [5.41, 5.74) is 12.3. The van der Waals surface area contributed by atoms with Crippen molar-refractivity contribution in [3.63, 3.8) is 0 Å². The normalized spacial score (nSPS) is 12.8. The Balaban J connectivity index is 2.21. The van der Waals surface area contributed by atoms with Crippen LogP contribution in [-0.2, 0) is 6.42 Å². The molecule has 0 aliphatic heterocycles. The van der Waals surface area contributed by atoms with Crippen molar-refractivity contribution in [3.05, 3.63) is 70.5 Å². The topological polar surface area (TPSA) is 39.2 Å². The Hall–Kier alpha value is -2.06. The van der Waals surface area contributed by atoms with E-state index in [9.17, 15) is 0 Å². The molecule has 2 nitrogen and oxygen atoms in total. The van der Waals surface area contributed by atoms with Gasteiger partial charge in [-0.1, -0.05) is 48.9 Å². The van der Waals surface area contributed by atoms with Gasteiger partial charge < -0.3 is 10.2 Å². The number of fused-ring (bicyclic) bond motifs is 1. The molecule has 0 spiro atoms. The Morgan fingerprint density at radius 3 is 2.62 bits per heavy atom. The standard InChI is InChI=1S/C19H21NO/c1-4-16-18(14-7-5-6-8-17(14)21-16)19(20)15-11-12(2)9-10-13(15)3/h5-11,19H,4,20H2,1-3H3. The molecule has 21 heavy (non-hydrogen) atoms. The van der Waals surface area contributed by atoms with Crippen molar-refractivity contribution in [2.45, 2.75) is 33.2 Å². The monoisotopic (exact) mass is 279 g/mol. The SMILES string of the molecule is CCc1oc2ccccc2c1C(N)c1cc(C)ccc1C. The average molecular weight is 279 g/mol. The number of hydrogen-bond donors (Lipinski definition) is 1. The van der Waals surface area contributed by atoms with Crippen molar-refractivity contribution < 1.29 is 4.42 Å². The van der Waals surface area contributed by atoms with Crippen LogP contribution >= 0.6 is 0 Å². The van der Waals surface area contributed by atoms with Gasteiger partial charge in [0.1, 0.15) is 11.3 Å². The summed E-state index contributed by atoms with van der Waals surface area (Å²) in [6, 6.07) is 14.4. The van der Waals surface area contributed by atoms with E-state index in [1.165, 1.54) is 16.7 Å². The minimum absolute atomic E-state index is 0.150. The quantitative estimate of drug-likeness (QED) is 0.757. The lowest BCUT2D eigenvalue weighted by molar-refractivity contribution is 0.546. The Labute approximate surface area is 125 Å². The second kappa shape index (κ2) is 5.38. The van der Waals surface area contributed by atoms with Gasteiger partial charge in [-0.3, -0.25) is 0 Å². The molecule has 2 heteroatoms. The molecule has 0 amide bonds. The van der Waals surface area contributed by atoms with E-state index >= 15 is 0 Å². The Morgan fingerprint density at radius 2 is 1.86 bits per heavy atom. The number of hydrogen-bond acceptors (Lipinski definition) is 2. The second-order valence-corrected chi connectivity index (χ2v) is 5.63. The fourth-order valence-corrected chi connectivity index (χ4v) is 2.97. The summed E-state index contributed by atoms with van der Waals surface area (Å²) >= 11 is 0. The highest BCUT2D eigenvalue weighted by Gasteiger charge is 2.21. The molecule has 108 valence electrons. The molecule has 3 rings (SSSR count). The summed E-state index contributed by atoms with van der Waals surface area (Å²) < 4.78 is 5.98. The lowest BCUT2D eigenvalue weighted by atomic mass is 9.92. The predicted octanol–water partition coefficient (Wildman–Crippen LogP) is 4.66. The highest BCUT2D eigenvalue weighted by molar-refractivity contribution is 5.83. The molecule has 0 radical (unpaired) electrons. The Morgan fingerprint density at radius 1 is 1.10 bits per heavy atom. The second-order valence-electron chi connectivity index (χ2n) is 5.63. The first-order valence-corrected chi connectivity index (χ1v) is 7.44. The van der Waals surface area contributed by atoms with Crippen LogP contribution in [0.25, 0.3) is 11.0 Å². The van der Waals surface area contributed by atoms with E-state index in [1.54, 1.807) is 0 Å². The van der Waals surface area contributed by atoms with E-state index in [0.29, 0.717) is 0 Å². The zero-order chi connectivity index (χ0) is 15.0. The molecule has 1 aromatic heterocycles. The van der Waals surface area contributed by atoms with Crippen molar-refractivity contribution >= 4 is 11.0 Å². The number of furan rings is 1. The van der Waals surface area contributed by atoms with Crippen LogP contribution in [0.15, 0.2) is 46.9 Å². The van der Waals surface area contributed by atoms with Crippen molar-refractivity contribution in [2.75, 3.05) is 0 Å². The molecule has 0 saturated carbocycles. The summed E-state index contributed by atoms with van der Waals surface area (Å²) in [6.45, 7) is 6.32. The number of para-hydroxylation sites is 1. The van der Waals surface area contributed by atoms with E-state index in [-0.39, 0.29) is 6.04 Å². The largest absolute Gasteiger partial charge is 0.461 e. The number of nitrogens with two attached hydrogens (primary N) is 1. The first kappa shape index (κ1) is 13.9. The van der Waals surface area contributed by atoms with Crippen LogP contribution in [0.5, 0.6) is 0 Å². The third-order valence-corrected chi connectivity index (χ3v) is 4.11. The molecule has 1 atom stereocenters. The van der Waals surface area contributed by atoms with Crippen molar-refractivity contribution in [1.29, 1.82) is 0 Å². The maximum atomic E-state index is 6.61. The van der Waals surface area contributed by atoms with Gasteiger partial charge in [0.15, 0.2) is 0 Å². The molecule has 1 heterocycles. The third-order valence-electron chi connectivity index (χ3n) is 4.11. The van der Waals surface area contributed by atoms with E-state index in [0.717, 1.165) is 28.7 Å². The van der Waals surface area contributed by atoms with Gasteiger partial charge in [0.05, 0.1) is 6.04 Å². The molecule has 0 aliphatic rings. The van der Waals surface area contributed by atoms with Gasteiger partial charge in [-0.2, -0.15) is 0 Å². The van der Waals surface area contributed by atoms with Gasteiger partial charge in [0.25, 0.3) is 0 Å². The minimum atomic E-state index is -0.150. The smallest absolute Gasteiger partial charge is 0.134 e. The average Bonchev–Trinajstić information content (AvgIpc) is 2.87. The molecular weight excluding hydrogens is 258 g/mol. The molecular formula is C19H21NO. The fraction of sp³-hybridized carbons (Fsp3) is 0.263. The summed E-state index contributed by atoms with van der Waals surface area (Å²) in [5, 5.41) is 1.13. The Bertz CT molecular complexity index is 785. The third kappa shape index (κ3) is 2.36. The lowest BCUT2D eigenvalue weighted by Crippen LogP contribution is -2.14. The number of benzene rings is 2. The number of rotatable bonds is 3. The van der Waals surface area contributed by atoms with Crippen LogP contribution in [0.1, 0.15) is 41.0 Å². The van der Waals surface area contributed by atoms with Crippen LogP contribution in [-0.4, -0.2) is 0 Å². The highest BCUT2D eigenvalue weighted by atomic mass is 16.3. The maximum Gasteiger partial charge on any atom is 0.134 e. The predicted molar refractivity (Wildman–Crippen MR) is 87.5 cm³/mol.